The second-order valence-corrected chi connectivity index (χ2v) is 7.28. The minimum Gasteiger partial charge on any atom is -0.485 e. The fourth-order valence-corrected chi connectivity index (χ4v) is 3.03. The van der Waals surface area contributed by atoms with Crippen molar-refractivity contribution in [3.8, 4) is 16.9 Å². The Morgan fingerprint density at radius 3 is 2.74 bits per heavy atom. The molecule has 10 heteroatoms. The molecule has 3 N–H and O–H groups in total. The van der Waals surface area contributed by atoms with Crippen molar-refractivity contribution >= 4 is 23.5 Å². The SMILES string of the molecule is Cc1cc(OCc2n[nH]c(=O)n2C)c(-c2cccc(C(=O)NCCC(=O)O)c2)cc1Cl. The number of aryl methyl sites for hydroxylation is 1. The third kappa shape index (κ3) is 5.32. The van der Waals surface area contributed by atoms with Crippen LogP contribution in [0.25, 0.3) is 11.1 Å². The number of aromatic nitrogens is 3. The van der Waals surface area contributed by atoms with E-state index in [0.717, 1.165) is 5.56 Å². The summed E-state index contributed by atoms with van der Waals surface area (Å²) in [6, 6.07) is 10.4. The van der Waals surface area contributed by atoms with Gasteiger partial charge in [-0.1, -0.05) is 23.7 Å². The minimum absolute atomic E-state index is 0.0332. The Labute approximate surface area is 182 Å². The minimum atomic E-state index is -0.987. The summed E-state index contributed by atoms with van der Waals surface area (Å²) in [4.78, 5) is 34.6. The van der Waals surface area contributed by atoms with Gasteiger partial charge in [-0.3, -0.25) is 14.2 Å². The van der Waals surface area contributed by atoms with Gasteiger partial charge in [-0.25, -0.2) is 9.89 Å². The molecule has 0 saturated carbocycles. The number of hydrogen-bond donors (Lipinski definition) is 3. The Morgan fingerprint density at radius 2 is 2.06 bits per heavy atom. The van der Waals surface area contributed by atoms with Gasteiger partial charge in [0.05, 0.1) is 6.42 Å². The van der Waals surface area contributed by atoms with E-state index >= 15 is 0 Å². The number of benzene rings is 2. The van der Waals surface area contributed by atoms with Gasteiger partial charge in [0, 0.05) is 29.7 Å². The van der Waals surface area contributed by atoms with Crippen LogP contribution < -0.4 is 15.7 Å². The molecule has 0 unspecified atom stereocenters. The molecule has 0 fully saturated rings. The summed E-state index contributed by atoms with van der Waals surface area (Å²) < 4.78 is 7.28. The second kappa shape index (κ2) is 9.48. The van der Waals surface area contributed by atoms with E-state index in [1.165, 1.54) is 4.57 Å². The van der Waals surface area contributed by atoms with Crippen LogP contribution in [0.3, 0.4) is 0 Å². The highest BCUT2D eigenvalue weighted by atomic mass is 35.5. The van der Waals surface area contributed by atoms with E-state index in [-0.39, 0.29) is 31.2 Å². The first-order valence-corrected chi connectivity index (χ1v) is 9.77. The fourth-order valence-electron chi connectivity index (χ4n) is 2.86. The Morgan fingerprint density at radius 1 is 1.29 bits per heavy atom. The number of carboxylic acids is 1. The van der Waals surface area contributed by atoms with Crippen LogP contribution in [0.5, 0.6) is 5.75 Å². The molecule has 0 spiro atoms. The fraction of sp³-hybridized carbons (Fsp3) is 0.238. The Hall–Kier alpha value is -3.59. The molecule has 3 rings (SSSR count). The molecule has 0 radical (unpaired) electrons. The standard InChI is InChI=1S/C21H21ClN4O5/c1-12-8-17(31-11-18-24-25-21(30)26(18)2)15(10-16(12)22)13-4-3-5-14(9-13)20(29)23-7-6-19(27)28/h3-5,8-10H,6-7,11H2,1-2H3,(H,23,29)(H,25,30)(H,27,28). The number of aromatic amines is 1. The Bertz CT molecular complexity index is 1180. The molecule has 0 saturated heterocycles. The van der Waals surface area contributed by atoms with E-state index in [0.29, 0.717) is 33.3 Å². The van der Waals surface area contributed by atoms with Crippen LogP contribution in [0.15, 0.2) is 41.2 Å². The summed E-state index contributed by atoms with van der Waals surface area (Å²) in [5.74, 6) is -0.425. The molecule has 2 aromatic carbocycles. The van der Waals surface area contributed by atoms with Crippen molar-refractivity contribution in [1.82, 2.24) is 20.1 Å². The van der Waals surface area contributed by atoms with Crippen LogP contribution in [0.2, 0.25) is 5.02 Å². The third-order valence-corrected chi connectivity index (χ3v) is 5.06. The van der Waals surface area contributed by atoms with Gasteiger partial charge in [0.15, 0.2) is 5.82 Å². The van der Waals surface area contributed by atoms with E-state index in [2.05, 4.69) is 15.5 Å². The molecule has 0 atom stereocenters. The molecule has 31 heavy (non-hydrogen) atoms. The normalized spacial score (nSPS) is 10.7. The number of H-pyrrole nitrogens is 1. The lowest BCUT2D eigenvalue weighted by Gasteiger charge is -2.14. The van der Waals surface area contributed by atoms with Gasteiger partial charge in [-0.2, -0.15) is 5.10 Å². The van der Waals surface area contributed by atoms with Gasteiger partial charge in [-0.05, 0) is 42.3 Å². The quantitative estimate of drug-likeness (QED) is 0.490. The summed E-state index contributed by atoms with van der Waals surface area (Å²) in [6.07, 6.45) is -0.160. The van der Waals surface area contributed by atoms with E-state index < -0.39 is 5.97 Å². The number of carboxylic acid groups (broad SMARTS) is 1. The molecule has 9 nitrogen and oxygen atoms in total. The van der Waals surface area contributed by atoms with Crippen LogP contribution >= 0.6 is 11.6 Å². The highest BCUT2D eigenvalue weighted by Crippen LogP contribution is 2.35. The highest BCUT2D eigenvalue weighted by molar-refractivity contribution is 6.31. The van der Waals surface area contributed by atoms with Gasteiger partial charge in [0.25, 0.3) is 5.91 Å². The summed E-state index contributed by atoms with van der Waals surface area (Å²) in [6.45, 7) is 1.93. The largest absolute Gasteiger partial charge is 0.485 e. The van der Waals surface area contributed by atoms with Crippen molar-refractivity contribution in [1.29, 1.82) is 0 Å². The predicted octanol–water partition coefficient (Wildman–Crippen LogP) is 2.52. The van der Waals surface area contributed by atoms with Crippen LogP contribution in [0.4, 0.5) is 0 Å². The number of ether oxygens (including phenoxy) is 1. The Balaban J connectivity index is 1.88. The maximum absolute atomic E-state index is 12.4. The van der Waals surface area contributed by atoms with Gasteiger partial charge in [0.1, 0.15) is 12.4 Å². The predicted molar refractivity (Wildman–Crippen MR) is 114 cm³/mol. The van der Waals surface area contributed by atoms with Crippen molar-refractivity contribution in [3.05, 3.63) is 68.9 Å². The molecule has 1 amide bonds. The van der Waals surface area contributed by atoms with Crippen LogP contribution in [-0.2, 0) is 18.4 Å². The molecule has 1 heterocycles. The molecular weight excluding hydrogens is 424 g/mol. The lowest BCUT2D eigenvalue weighted by molar-refractivity contribution is -0.136. The van der Waals surface area contributed by atoms with E-state index in [4.69, 9.17) is 21.4 Å². The zero-order chi connectivity index (χ0) is 22.5. The van der Waals surface area contributed by atoms with Crippen LogP contribution in [0, 0.1) is 6.92 Å². The molecule has 1 aromatic heterocycles. The average molecular weight is 445 g/mol. The maximum Gasteiger partial charge on any atom is 0.343 e. The smallest absolute Gasteiger partial charge is 0.343 e. The zero-order valence-corrected chi connectivity index (χ0v) is 17.7. The number of hydrogen-bond acceptors (Lipinski definition) is 5. The molecule has 162 valence electrons. The first kappa shape index (κ1) is 22.1. The van der Waals surface area contributed by atoms with Crippen molar-refractivity contribution < 1.29 is 19.4 Å². The summed E-state index contributed by atoms with van der Waals surface area (Å²) in [5.41, 5.74) is 2.20. The van der Waals surface area contributed by atoms with Crippen molar-refractivity contribution in [2.24, 2.45) is 7.05 Å². The zero-order valence-electron chi connectivity index (χ0n) is 16.9. The number of amides is 1. The summed E-state index contributed by atoms with van der Waals surface area (Å²) in [5, 5.41) is 18.1. The molecule has 0 aliphatic heterocycles. The number of aliphatic carboxylic acids is 1. The van der Waals surface area contributed by atoms with Crippen molar-refractivity contribution in [2.75, 3.05) is 6.54 Å². The van der Waals surface area contributed by atoms with Gasteiger partial charge >= 0.3 is 11.7 Å². The number of carbonyl (C=O) groups excluding carboxylic acids is 1. The molecule has 0 bridgehead atoms. The molecule has 0 aliphatic carbocycles. The third-order valence-electron chi connectivity index (χ3n) is 4.65. The summed E-state index contributed by atoms with van der Waals surface area (Å²) in [7, 11) is 1.59. The first-order chi connectivity index (χ1) is 14.8. The summed E-state index contributed by atoms with van der Waals surface area (Å²) >= 11 is 6.33. The lowest BCUT2D eigenvalue weighted by Crippen LogP contribution is -2.25. The second-order valence-electron chi connectivity index (χ2n) is 6.87. The molecule has 0 aliphatic rings. The van der Waals surface area contributed by atoms with E-state index in [9.17, 15) is 14.4 Å². The van der Waals surface area contributed by atoms with Crippen LogP contribution in [-0.4, -0.2) is 38.3 Å². The molecular formula is C21H21ClN4O5. The van der Waals surface area contributed by atoms with E-state index in [1.54, 1.807) is 37.4 Å². The number of rotatable bonds is 8. The average Bonchev–Trinajstić information content (AvgIpc) is 3.06. The monoisotopic (exact) mass is 444 g/mol. The number of carbonyl (C=O) groups is 2. The highest BCUT2D eigenvalue weighted by Gasteiger charge is 2.14. The first-order valence-electron chi connectivity index (χ1n) is 9.40. The lowest BCUT2D eigenvalue weighted by atomic mass is 10.0. The van der Waals surface area contributed by atoms with Gasteiger partial charge < -0.3 is 15.2 Å². The van der Waals surface area contributed by atoms with Crippen molar-refractivity contribution in [3.63, 3.8) is 0 Å². The van der Waals surface area contributed by atoms with E-state index in [1.807, 2.05) is 13.0 Å². The number of nitrogens with one attached hydrogen (secondary N) is 2. The van der Waals surface area contributed by atoms with Gasteiger partial charge in [0.2, 0.25) is 0 Å². The maximum atomic E-state index is 12.4. The Kier molecular flexibility index (Phi) is 6.76. The van der Waals surface area contributed by atoms with Gasteiger partial charge in [-0.15, -0.1) is 0 Å². The number of nitrogens with zero attached hydrogens (tertiary/aromatic N) is 2. The topological polar surface area (TPSA) is 126 Å². The molecule has 3 aromatic rings. The van der Waals surface area contributed by atoms with Crippen molar-refractivity contribution in [2.45, 2.75) is 20.0 Å². The van der Waals surface area contributed by atoms with Crippen LogP contribution in [0.1, 0.15) is 28.2 Å². The number of halogens is 1.